The van der Waals surface area contributed by atoms with E-state index in [1.807, 2.05) is 121 Å². The van der Waals surface area contributed by atoms with Gasteiger partial charge in [-0.1, -0.05) is 97.1 Å². The number of benzene rings is 4. The van der Waals surface area contributed by atoms with Gasteiger partial charge < -0.3 is 9.09 Å². The summed E-state index contributed by atoms with van der Waals surface area (Å²) in [5, 5.41) is 2.82. The molecule has 0 fully saturated rings. The molecule has 4 aromatic rings. The van der Waals surface area contributed by atoms with Crippen molar-refractivity contribution < 1.29 is 13.7 Å². The quantitative estimate of drug-likeness (QED) is 0.360. The van der Waals surface area contributed by atoms with Gasteiger partial charge in [0, 0.05) is 27.4 Å². The van der Waals surface area contributed by atoms with E-state index in [2.05, 4.69) is 0 Å². The first-order valence-electron chi connectivity index (χ1n) is 10.2. The van der Waals surface area contributed by atoms with Gasteiger partial charge in [-0.3, -0.25) is 4.57 Å². The van der Waals surface area contributed by atoms with E-state index in [4.69, 9.17) is 4.52 Å². The highest BCUT2D eigenvalue weighted by Crippen LogP contribution is 2.48. The molecule has 0 aromatic heterocycles. The normalized spacial score (nSPS) is 11.9. The van der Waals surface area contributed by atoms with Gasteiger partial charge in [0.25, 0.3) is 7.37 Å². The van der Waals surface area contributed by atoms with Crippen molar-refractivity contribution in [3.8, 4) is 0 Å². The van der Waals surface area contributed by atoms with Crippen LogP contribution >= 0.6 is 14.5 Å². The van der Waals surface area contributed by atoms with Gasteiger partial charge in [0.15, 0.2) is 0 Å². The molecule has 0 N–H and O–H groups in total. The Morgan fingerprint density at radius 1 is 0.484 bits per heavy atom. The number of rotatable bonds is 8. The van der Waals surface area contributed by atoms with Crippen LogP contribution in [0, 0.1) is 0 Å². The first kappa shape index (κ1) is 21.5. The third-order valence-electron chi connectivity index (χ3n) is 5.22. The fourth-order valence-corrected chi connectivity index (χ4v) is 8.28. The van der Waals surface area contributed by atoms with E-state index in [0.717, 1.165) is 10.6 Å². The maximum Gasteiger partial charge on any atom is 0.261 e. The molecule has 156 valence electrons. The molecule has 0 spiro atoms. The summed E-state index contributed by atoms with van der Waals surface area (Å²) >= 11 is 0. The van der Waals surface area contributed by atoms with Gasteiger partial charge in [0.1, 0.15) is 7.14 Å². The van der Waals surface area contributed by atoms with E-state index in [0.29, 0.717) is 10.6 Å². The second-order valence-electron chi connectivity index (χ2n) is 7.19. The lowest BCUT2D eigenvalue weighted by molar-refractivity contribution is 0.349. The van der Waals surface area contributed by atoms with Crippen LogP contribution in [0.1, 0.15) is 0 Å². The van der Waals surface area contributed by atoms with Crippen LogP contribution < -0.4 is 21.2 Å². The molecule has 4 rings (SSSR count). The molecule has 3 nitrogen and oxygen atoms in total. The highest BCUT2D eigenvalue weighted by molar-refractivity contribution is 7.78. The van der Waals surface area contributed by atoms with Gasteiger partial charge in [-0.15, -0.1) is 0 Å². The van der Waals surface area contributed by atoms with Crippen molar-refractivity contribution in [2.75, 3.05) is 12.8 Å². The molecule has 0 unspecified atom stereocenters. The molecule has 0 bridgehead atoms. The van der Waals surface area contributed by atoms with Crippen molar-refractivity contribution in [1.29, 1.82) is 0 Å². The minimum absolute atomic E-state index is 0.113. The molecule has 0 heterocycles. The topological polar surface area (TPSA) is 43.4 Å². The van der Waals surface area contributed by atoms with Crippen molar-refractivity contribution in [2.24, 2.45) is 0 Å². The number of hydrogen-bond acceptors (Lipinski definition) is 3. The van der Waals surface area contributed by atoms with Gasteiger partial charge in [-0.2, -0.15) is 0 Å². The van der Waals surface area contributed by atoms with Crippen molar-refractivity contribution in [3.05, 3.63) is 121 Å². The Bertz CT molecular complexity index is 1010. The second kappa shape index (κ2) is 9.62. The van der Waals surface area contributed by atoms with Crippen LogP contribution in [-0.2, 0) is 13.7 Å². The zero-order chi connectivity index (χ0) is 21.6. The van der Waals surface area contributed by atoms with Crippen LogP contribution in [0.4, 0.5) is 0 Å². The molecule has 0 saturated heterocycles. The monoisotopic (exact) mass is 446 g/mol. The smallest absolute Gasteiger partial charge is 0.261 e. The lowest BCUT2D eigenvalue weighted by Gasteiger charge is -2.23. The minimum Gasteiger partial charge on any atom is -0.322 e. The van der Waals surface area contributed by atoms with Crippen molar-refractivity contribution in [3.63, 3.8) is 0 Å². The van der Waals surface area contributed by atoms with Gasteiger partial charge in [-0.25, -0.2) is 0 Å². The summed E-state index contributed by atoms with van der Waals surface area (Å²) in [5.74, 6) is 0. The summed E-state index contributed by atoms with van der Waals surface area (Å²) < 4.78 is 34.4. The first-order valence-corrected chi connectivity index (χ1v) is 13.7. The molecular formula is C26H24O3P2. The third kappa shape index (κ3) is 4.65. The Kier molecular flexibility index (Phi) is 6.68. The molecule has 0 radical (unpaired) electrons. The predicted molar refractivity (Wildman–Crippen MR) is 130 cm³/mol. The Morgan fingerprint density at radius 2 is 0.806 bits per heavy atom. The molecule has 5 heteroatoms. The van der Waals surface area contributed by atoms with Gasteiger partial charge in [0.05, 0.1) is 6.61 Å². The summed E-state index contributed by atoms with van der Waals surface area (Å²) in [6.07, 6.45) is 0.269. The van der Waals surface area contributed by atoms with Gasteiger partial charge in [-0.05, 0) is 24.3 Å². The van der Waals surface area contributed by atoms with Crippen molar-refractivity contribution in [2.45, 2.75) is 0 Å². The van der Waals surface area contributed by atoms with Crippen LogP contribution in [0.3, 0.4) is 0 Å². The van der Waals surface area contributed by atoms with Crippen LogP contribution in [0.2, 0.25) is 0 Å². The molecular weight excluding hydrogens is 422 g/mol. The predicted octanol–water partition coefficient (Wildman–Crippen LogP) is 4.95. The SMILES string of the molecule is O=P(CCOP(=O)(c1ccccc1)c1ccccc1)(c1ccccc1)c1ccccc1. The summed E-state index contributed by atoms with van der Waals surface area (Å²) in [5.41, 5.74) is 0. The van der Waals surface area contributed by atoms with Crippen LogP contribution in [0.15, 0.2) is 121 Å². The van der Waals surface area contributed by atoms with E-state index in [9.17, 15) is 9.13 Å². The molecule has 0 aliphatic rings. The Balaban J connectivity index is 1.66. The molecule has 4 aromatic carbocycles. The molecule has 0 atom stereocenters. The molecule has 0 saturated carbocycles. The summed E-state index contributed by atoms with van der Waals surface area (Å²) in [4.78, 5) is 0. The third-order valence-corrected chi connectivity index (χ3v) is 10.8. The van der Waals surface area contributed by atoms with E-state index >= 15 is 0 Å². The Labute approximate surface area is 183 Å². The fourth-order valence-electron chi connectivity index (χ4n) is 3.59. The highest BCUT2D eigenvalue weighted by atomic mass is 31.2. The highest BCUT2D eigenvalue weighted by Gasteiger charge is 2.32. The standard InChI is InChI=1S/C26H24O3P2/c27-30(23-13-5-1-6-14-23,24-15-7-2-8-16-24)22-21-29-31(28,25-17-9-3-10-18-25)26-19-11-4-12-20-26/h1-20H,21-22H2. The average molecular weight is 446 g/mol. The second-order valence-corrected chi connectivity index (χ2v) is 12.5. The molecule has 31 heavy (non-hydrogen) atoms. The van der Waals surface area contributed by atoms with Crippen LogP contribution in [0.25, 0.3) is 0 Å². The maximum atomic E-state index is 14.2. The maximum absolute atomic E-state index is 14.2. The summed E-state index contributed by atoms with van der Waals surface area (Å²) in [6, 6.07) is 37.4. The fraction of sp³-hybridized carbons (Fsp3) is 0.0769. The molecule has 0 amide bonds. The Morgan fingerprint density at radius 3 is 1.16 bits per heavy atom. The van der Waals surface area contributed by atoms with Crippen molar-refractivity contribution >= 4 is 35.7 Å². The van der Waals surface area contributed by atoms with Crippen LogP contribution in [-0.4, -0.2) is 12.8 Å². The van der Waals surface area contributed by atoms with E-state index < -0.39 is 14.5 Å². The van der Waals surface area contributed by atoms with E-state index in [1.54, 1.807) is 0 Å². The lowest BCUT2D eigenvalue weighted by atomic mass is 10.4. The largest absolute Gasteiger partial charge is 0.322 e. The van der Waals surface area contributed by atoms with E-state index in [1.165, 1.54) is 0 Å². The first-order chi connectivity index (χ1) is 15.1. The zero-order valence-corrected chi connectivity index (χ0v) is 18.9. The average Bonchev–Trinajstić information content (AvgIpc) is 2.86. The van der Waals surface area contributed by atoms with Crippen LogP contribution in [0.5, 0.6) is 0 Å². The molecule has 0 aliphatic heterocycles. The summed E-state index contributed by atoms with van der Waals surface area (Å²) in [7, 11) is -6.25. The Hall–Kier alpha value is -2.70. The van der Waals surface area contributed by atoms with Crippen molar-refractivity contribution in [1.82, 2.24) is 0 Å². The summed E-state index contributed by atoms with van der Waals surface area (Å²) in [6.45, 7) is 0.113. The molecule has 0 aliphatic carbocycles. The van der Waals surface area contributed by atoms with E-state index in [-0.39, 0.29) is 12.8 Å². The van der Waals surface area contributed by atoms with Gasteiger partial charge >= 0.3 is 0 Å². The zero-order valence-electron chi connectivity index (χ0n) is 17.1. The minimum atomic E-state index is -3.31. The number of hydrogen-bond donors (Lipinski definition) is 0. The lowest BCUT2D eigenvalue weighted by Crippen LogP contribution is -2.23. The van der Waals surface area contributed by atoms with Gasteiger partial charge in [0.2, 0.25) is 0 Å².